The van der Waals surface area contributed by atoms with E-state index in [0.29, 0.717) is 0 Å². The van der Waals surface area contributed by atoms with Crippen LogP contribution in [0.2, 0.25) is 0 Å². The van der Waals surface area contributed by atoms with Crippen LogP contribution in [0.15, 0.2) is 72.9 Å². The monoisotopic (exact) mass is 612 g/mol. The molecule has 0 spiro atoms. The van der Waals surface area contributed by atoms with Gasteiger partial charge in [-0.3, -0.25) is 0 Å². The van der Waals surface area contributed by atoms with Gasteiger partial charge in [-0.25, -0.2) is 0 Å². The van der Waals surface area contributed by atoms with Gasteiger partial charge in [-0.1, -0.05) is 138 Å². The van der Waals surface area contributed by atoms with Crippen LogP contribution in [0.4, 0.5) is 0 Å². The molecule has 0 aliphatic carbocycles. The first-order chi connectivity index (χ1) is 21.7. The summed E-state index contributed by atoms with van der Waals surface area (Å²) >= 11 is 0. The van der Waals surface area contributed by atoms with Crippen molar-refractivity contribution in [3.63, 3.8) is 0 Å². The Bertz CT molecular complexity index is 675. The molecular formula is C41H73NO2. The number of nitrogens with zero attached hydrogens (tertiary/aromatic N) is 1. The zero-order valence-electron chi connectivity index (χ0n) is 29.7. The Morgan fingerprint density at radius 2 is 0.773 bits per heavy atom. The summed E-state index contributed by atoms with van der Waals surface area (Å²) in [7, 11) is 4.25. The van der Waals surface area contributed by atoms with Crippen LogP contribution in [-0.2, 0) is 9.47 Å². The predicted octanol–water partition coefficient (Wildman–Crippen LogP) is 12.5. The minimum atomic E-state index is -0.0544. The molecule has 0 aromatic carbocycles. The summed E-state index contributed by atoms with van der Waals surface area (Å²) < 4.78 is 12.3. The molecule has 0 amide bonds. The van der Waals surface area contributed by atoms with E-state index in [9.17, 15) is 0 Å². The Morgan fingerprint density at radius 3 is 1.16 bits per heavy atom. The van der Waals surface area contributed by atoms with Crippen molar-refractivity contribution in [1.29, 1.82) is 0 Å². The van der Waals surface area contributed by atoms with Gasteiger partial charge in [0.15, 0.2) is 6.29 Å². The number of hydrogen-bond donors (Lipinski definition) is 0. The number of hydrogen-bond acceptors (Lipinski definition) is 3. The number of rotatable bonds is 33. The second kappa shape index (κ2) is 37.5. The van der Waals surface area contributed by atoms with Crippen LogP contribution in [0.1, 0.15) is 149 Å². The van der Waals surface area contributed by atoms with Gasteiger partial charge in [0.1, 0.15) is 0 Å². The van der Waals surface area contributed by atoms with Crippen molar-refractivity contribution in [3.05, 3.63) is 72.9 Å². The number of allylic oxidation sites excluding steroid dienone is 12. The average Bonchev–Trinajstić information content (AvgIpc) is 3.02. The molecule has 0 unspecified atom stereocenters. The van der Waals surface area contributed by atoms with E-state index in [0.717, 1.165) is 77.5 Å². The van der Waals surface area contributed by atoms with E-state index >= 15 is 0 Å². The summed E-state index contributed by atoms with van der Waals surface area (Å²) in [4.78, 5) is 2.22. The highest BCUT2D eigenvalue weighted by molar-refractivity contribution is 4.98. The minimum absolute atomic E-state index is 0.0544. The van der Waals surface area contributed by atoms with Gasteiger partial charge in [0.2, 0.25) is 0 Å². The Kier molecular flexibility index (Phi) is 36.1. The third-order valence-corrected chi connectivity index (χ3v) is 7.51. The van der Waals surface area contributed by atoms with Gasteiger partial charge < -0.3 is 14.4 Å². The summed E-state index contributed by atoms with van der Waals surface area (Å²) in [6.45, 7) is 7.01. The number of unbranched alkanes of at least 4 members (excludes halogenated alkanes) is 12. The van der Waals surface area contributed by atoms with Crippen LogP contribution < -0.4 is 0 Å². The summed E-state index contributed by atoms with van der Waals surface area (Å²) in [6, 6.07) is 0. The lowest BCUT2D eigenvalue weighted by Gasteiger charge is -2.20. The lowest BCUT2D eigenvalue weighted by molar-refractivity contribution is -0.148. The van der Waals surface area contributed by atoms with E-state index in [1.165, 1.54) is 77.0 Å². The molecule has 0 saturated carbocycles. The van der Waals surface area contributed by atoms with Gasteiger partial charge in [0.25, 0.3) is 0 Å². The zero-order chi connectivity index (χ0) is 32.0. The van der Waals surface area contributed by atoms with Crippen molar-refractivity contribution in [1.82, 2.24) is 4.90 Å². The van der Waals surface area contributed by atoms with Crippen LogP contribution in [0.3, 0.4) is 0 Å². The van der Waals surface area contributed by atoms with E-state index in [-0.39, 0.29) is 6.29 Å². The summed E-state index contributed by atoms with van der Waals surface area (Å²) in [5.74, 6) is 0. The lowest BCUT2D eigenvalue weighted by Crippen LogP contribution is -2.25. The van der Waals surface area contributed by atoms with Crippen molar-refractivity contribution in [2.24, 2.45) is 0 Å². The van der Waals surface area contributed by atoms with Gasteiger partial charge in [-0.15, -0.1) is 0 Å². The highest BCUT2D eigenvalue weighted by atomic mass is 16.7. The van der Waals surface area contributed by atoms with Crippen LogP contribution in [-0.4, -0.2) is 45.0 Å². The Labute approximate surface area is 275 Å². The fraction of sp³-hybridized carbons (Fsp3) is 0.707. The predicted molar refractivity (Wildman–Crippen MR) is 197 cm³/mol. The molecule has 0 heterocycles. The minimum Gasteiger partial charge on any atom is -0.353 e. The summed E-state index contributed by atoms with van der Waals surface area (Å²) in [5.41, 5.74) is 0. The van der Waals surface area contributed by atoms with Crippen molar-refractivity contribution < 1.29 is 9.47 Å². The van der Waals surface area contributed by atoms with Crippen LogP contribution >= 0.6 is 0 Å². The maximum atomic E-state index is 6.16. The third kappa shape index (κ3) is 36.5. The molecular weight excluding hydrogens is 538 g/mol. The highest BCUT2D eigenvalue weighted by Gasteiger charge is 2.10. The van der Waals surface area contributed by atoms with Gasteiger partial charge in [-0.2, -0.15) is 0 Å². The van der Waals surface area contributed by atoms with E-state index in [1.54, 1.807) is 0 Å². The largest absolute Gasteiger partial charge is 0.353 e. The second-order valence-corrected chi connectivity index (χ2v) is 12.2. The van der Waals surface area contributed by atoms with Crippen LogP contribution in [0.25, 0.3) is 0 Å². The van der Waals surface area contributed by atoms with Crippen molar-refractivity contribution >= 4 is 0 Å². The quantitative estimate of drug-likeness (QED) is 0.0418. The summed E-state index contributed by atoms with van der Waals surface area (Å²) in [5, 5.41) is 0. The molecule has 254 valence electrons. The molecule has 0 saturated heterocycles. The first-order valence-corrected chi connectivity index (χ1v) is 18.5. The normalized spacial score (nSPS) is 13.0. The Hall–Kier alpha value is -1.68. The standard InChI is InChI=1S/C41H73NO2/c1-5-7-9-11-13-15-17-19-21-23-25-27-29-31-33-35-39-43-41(37-38-42(3)4)44-40-36-34-32-30-28-26-24-22-20-18-16-14-12-10-8-6-2/h7-10,13-16,19-22,41H,5-6,11-12,17-18,23-40H2,1-4H3/b9-7-,10-8-,15-13-,16-14-,21-19-,22-20-. The van der Waals surface area contributed by atoms with E-state index in [2.05, 4.69) is 106 Å². The molecule has 0 rings (SSSR count). The molecule has 44 heavy (non-hydrogen) atoms. The Morgan fingerprint density at radius 1 is 0.432 bits per heavy atom. The smallest absolute Gasteiger partial charge is 0.158 e. The van der Waals surface area contributed by atoms with Crippen LogP contribution in [0.5, 0.6) is 0 Å². The fourth-order valence-electron chi connectivity index (χ4n) is 4.80. The molecule has 0 aliphatic rings. The van der Waals surface area contributed by atoms with Gasteiger partial charge in [-0.05, 0) is 91.1 Å². The molecule has 0 aliphatic heterocycles. The molecule has 0 radical (unpaired) electrons. The summed E-state index contributed by atoms with van der Waals surface area (Å²) in [6.07, 6.45) is 52.5. The van der Waals surface area contributed by atoms with Crippen molar-refractivity contribution in [2.75, 3.05) is 33.9 Å². The van der Waals surface area contributed by atoms with Crippen molar-refractivity contribution in [3.8, 4) is 0 Å². The molecule has 0 atom stereocenters. The van der Waals surface area contributed by atoms with E-state index < -0.39 is 0 Å². The molecule has 0 fully saturated rings. The highest BCUT2D eigenvalue weighted by Crippen LogP contribution is 2.12. The maximum Gasteiger partial charge on any atom is 0.158 e. The van der Waals surface area contributed by atoms with Crippen LogP contribution in [0, 0.1) is 0 Å². The second-order valence-electron chi connectivity index (χ2n) is 12.2. The van der Waals surface area contributed by atoms with Crippen molar-refractivity contribution in [2.45, 2.75) is 155 Å². The molecule has 0 bridgehead atoms. The topological polar surface area (TPSA) is 21.7 Å². The van der Waals surface area contributed by atoms with E-state index in [1.807, 2.05) is 0 Å². The molecule has 3 heteroatoms. The fourth-order valence-corrected chi connectivity index (χ4v) is 4.80. The molecule has 0 N–H and O–H groups in total. The number of ether oxygens (including phenoxy) is 2. The average molecular weight is 612 g/mol. The van der Waals surface area contributed by atoms with Gasteiger partial charge in [0.05, 0.1) is 0 Å². The zero-order valence-corrected chi connectivity index (χ0v) is 29.7. The van der Waals surface area contributed by atoms with Gasteiger partial charge >= 0.3 is 0 Å². The van der Waals surface area contributed by atoms with E-state index in [4.69, 9.17) is 9.47 Å². The Balaban J connectivity index is 3.70. The first-order valence-electron chi connectivity index (χ1n) is 18.5. The third-order valence-electron chi connectivity index (χ3n) is 7.51. The molecule has 3 nitrogen and oxygen atoms in total. The van der Waals surface area contributed by atoms with Gasteiger partial charge in [0, 0.05) is 26.2 Å². The lowest BCUT2D eigenvalue weighted by atomic mass is 10.1. The maximum absolute atomic E-state index is 6.16. The molecule has 0 aromatic rings. The SMILES string of the molecule is CC/C=C\C/C=C\C/C=C\CCCCCCCCOC(CCN(C)C)OCCCCCCCC/C=C\C/C=C\C/C=C\CC. The molecule has 0 aromatic heterocycles. The first kappa shape index (κ1) is 42.3.